The van der Waals surface area contributed by atoms with Crippen LogP contribution >= 0.6 is 0 Å². The molecule has 0 bridgehead atoms. The van der Waals surface area contributed by atoms with E-state index in [0.717, 1.165) is 6.07 Å². The van der Waals surface area contributed by atoms with Crippen LogP contribution in [0.2, 0.25) is 0 Å². The lowest BCUT2D eigenvalue weighted by atomic mass is 10.0. The van der Waals surface area contributed by atoms with Crippen LogP contribution < -0.4 is 5.73 Å². The van der Waals surface area contributed by atoms with E-state index in [0.29, 0.717) is 12.1 Å². The van der Waals surface area contributed by atoms with Gasteiger partial charge in [-0.05, 0) is 24.1 Å². The van der Waals surface area contributed by atoms with Crippen LogP contribution in [0, 0.1) is 5.82 Å². The molecule has 1 unspecified atom stereocenters. The number of alkyl halides is 5. The Hall–Kier alpha value is -1.28. The summed E-state index contributed by atoms with van der Waals surface area (Å²) in [5.41, 5.74) is 4.28. The third-order valence-electron chi connectivity index (χ3n) is 2.54. The maximum absolute atomic E-state index is 13.1. The molecule has 0 fully saturated rings. The van der Waals surface area contributed by atoms with Gasteiger partial charge in [0.15, 0.2) is 0 Å². The Labute approximate surface area is 111 Å². The Bertz CT molecular complexity index is 434. The summed E-state index contributed by atoms with van der Waals surface area (Å²) in [6.07, 6.45) is -7.38. The lowest BCUT2D eigenvalue weighted by Gasteiger charge is -2.15. The summed E-state index contributed by atoms with van der Waals surface area (Å²) in [6.45, 7) is -0.881. The number of benzene rings is 1. The predicted octanol–water partition coefficient (Wildman–Crippen LogP) is 3.52. The van der Waals surface area contributed by atoms with Crippen LogP contribution in [0.4, 0.5) is 26.3 Å². The predicted molar refractivity (Wildman–Crippen MR) is 59.8 cm³/mol. The van der Waals surface area contributed by atoms with Crippen molar-refractivity contribution < 1.29 is 31.1 Å². The molecule has 0 aromatic heterocycles. The van der Waals surface area contributed by atoms with Gasteiger partial charge in [0.2, 0.25) is 0 Å². The van der Waals surface area contributed by atoms with Crippen molar-refractivity contribution in [2.24, 2.45) is 5.73 Å². The van der Waals surface area contributed by atoms with Crippen molar-refractivity contribution >= 4 is 0 Å². The number of hydrogen-bond donors (Lipinski definition) is 1. The van der Waals surface area contributed by atoms with E-state index in [4.69, 9.17) is 5.73 Å². The van der Waals surface area contributed by atoms with E-state index < -0.39 is 36.6 Å². The van der Waals surface area contributed by atoms with E-state index in [1.165, 1.54) is 0 Å². The monoisotopic (exact) mass is 301 g/mol. The minimum absolute atomic E-state index is 0.0512. The van der Waals surface area contributed by atoms with E-state index in [2.05, 4.69) is 4.74 Å². The molecule has 0 saturated carbocycles. The Morgan fingerprint density at radius 2 is 1.85 bits per heavy atom. The normalized spacial score (nSPS) is 13.8. The lowest BCUT2D eigenvalue weighted by molar-refractivity contribution is -0.140. The zero-order valence-corrected chi connectivity index (χ0v) is 10.3. The van der Waals surface area contributed by atoms with Gasteiger partial charge in [-0.15, -0.1) is 0 Å². The van der Waals surface area contributed by atoms with Crippen LogP contribution in [0.15, 0.2) is 18.2 Å². The maximum Gasteiger partial charge on any atom is 0.419 e. The van der Waals surface area contributed by atoms with Gasteiger partial charge in [0, 0.05) is 12.6 Å². The van der Waals surface area contributed by atoms with Crippen molar-refractivity contribution in [3.05, 3.63) is 35.1 Å². The molecule has 1 aromatic rings. The van der Waals surface area contributed by atoms with E-state index in [9.17, 15) is 26.3 Å². The van der Waals surface area contributed by atoms with Gasteiger partial charge in [-0.25, -0.2) is 13.2 Å². The van der Waals surface area contributed by atoms with Crippen molar-refractivity contribution in [2.45, 2.75) is 25.1 Å². The highest BCUT2D eigenvalue weighted by Gasteiger charge is 2.34. The third kappa shape index (κ3) is 5.01. The second-order valence-corrected chi connectivity index (χ2v) is 4.10. The zero-order valence-electron chi connectivity index (χ0n) is 10.3. The molecule has 20 heavy (non-hydrogen) atoms. The molecular formula is C12H13F6NO. The molecule has 0 spiro atoms. The second kappa shape index (κ2) is 6.94. The van der Waals surface area contributed by atoms with E-state index in [-0.39, 0.29) is 18.6 Å². The number of ether oxygens (including phenoxy) is 1. The average Bonchev–Trinajstić information content (AvgIpc) is 2.33. The highest BCUT2D eigenvalue weighted by atomic mass is 19.4. The Morgan fingerprint density at radius 3 is 2.40 bits per heavy atom. The highest BCUT2D eigenvalue weighted by Crippen LogP contribution is 2.33. The molecule has 0 aliphatic carbocycles. The number of rotatable bonds is 6. The molecule has 0 aliphatic heterocycles. The van der Waals surface area contributed by atoms with Crippen LogP contribution in [-0.4, -0.2) is 19.6 Å². The van der Waals surface area contributed by atoms with Crippen LogP contribution in [0.1, 0.15) is 23.6 Å². The van der Waals surface area contributed by atoms with Crippen molar-refractivity contribution in [1.82, 2.24) is 0 Å². The summed E-state index contributed by atoms with van der Waals surface area (Å²) in [7, 11) is 0. The molecule has 8 heteroatoms. The van der Waals surface area contributed by atoms with E-state index >= 15 is 0 Å². The van der Waals surface area contributed by atoms with Gasteiger partial charge in [0.1, 0.15) is 12.4 Å². The standard InChI is InChI=1S/C12H13F6NO/c13-9-2-1-7(5-8(9)12(16,17)18)10(19)3-4-20-6-11(14)15/h1-2,5,10-11H,3-4,6,19H2. The van der Waals surface area contributed by atoms with Crippen molar-refractivity contribution in [3.8, 4) is 0 Å². The molecule has 1 atom stereocenters. The Kier molecular flexibility index (Phi) is 5.82. The van der Waals surface area contributed by atoms with Gasteiger partial charge in [-0.2, -0.15) is 13.2 Å². The van der Waals surface area contributed by atoms with E-state index in [1.807, 2.05) is 0 Å². The van der Waals surface area contributed by atoms with Crippen LogP contribution in [0.5, 0.6) is 0 Å². The molecule has 1 aromatic carbocycles. The molecule has 1 rings (SSSR count). The van der Waals surface area contributed by atoms with Crippen molar-refractivity contribution in [2.75, 3.05) is 13.2 Å². The van der Waals surface area contributed by atoms with Crippen LogP contribution in [0.25, 0.3) is 0 Å². The third-order valence-corrected chi connectivity index (χ3v) is 2.54. The molecule has 0 aliphatic rings. The van der Waals surface area contributed by atoms with Gasteiger partial charge in [0.05, 0.1) is 5.56 Å². The number of nitrogens with two attached hydrogens (primary N) is 1. The molecule has 0 saturated heterocycles. The first-order chi connectivity index (χ1) is 9.21. The Morgan fingerprint density at radius 1 is 1.20 bits per heavy atom. The summed E-state index contributed by atoms with van der Waals surface area (Å²) in [4.78, 5) is 0. The number of halogens is 6. The van der Waals surface area contributed by atoms with E-state index in [1.54, 1.807) is 0 Å². The smallest absolute Gasteiger partial charge is 0.375 e. The van der Waals surface area contributed by atoms with Crippen molar-refractivity contribution in [3.63, 3.8) is 0 Å². The first kappa shape index (κ1) is 16.8. The Balaban J connectivity index is 2.67. The SMILES string of the molecule is NC(CCOCC(F)F)c1ccc(F)c(C(F)(F)F)c1. The van der Waals surface area contributed by atoms with Gasteiger partial charge in [-0.1, -0.05) is 6.07 Å². The molecule has 0 heterocycles. The largest absolute Gasteiger partial charge is 0.419 e. The average molecular weight is 301 g/mol. The summed E-state index contributed by atoms with van der Waals surface area (Å²) < 4.78 is 78.7. The van der Waals surface area contributed by atoms with Gasteiger partial charge < -0.3 is 10.5 Å². The fourth-order valence-electron chi connectivity index (χ4n) is 1.54. The topological polar surface area (TPSA) is 35.2 Å². The summed E-state index contributed by atoms with van der Waals surface area (Å²) in [5.74, 6) is -1.39. The zero-order chi connectivity index (χ0) is 15.3. The summed E-state index contributed by atoms with van der Waals surface area (Å²) in [6, 6.07) is 1.57. The quantitative estimate of drug-likeness (QED) is 0.644. The maximum atomic E-state index is 13.1. The van der Waals surface area contributed by atoms with Gasteiger partial charge in [-0.3, -0.25) is 0 Å². The fourth-order valence-corrected chi connectivity index (χ4v) is 1.54. The first-order valence-electron chi connectivity index (χ1n) is 5.70. The van der Waals surface area contributed by atoms with Crippen LogP contribution in [-0.2, 0) is 10.9 Å². The molecule has 0 radical (unpaired) electrons. The minimum atomic E-state index is -4.81. The lowest BCUT2D eigenvalue weighted by Crippen LogP contribution is -2.16. The van der Waals surface area contributed by atoms with Crippen molar-refractivity contribution in [1.29, 1.82) is 0 Å². The number of hydrogen-bond acceptors (Lipinski definition) is 2. The summed E-state index contributed by atoms with van der Waals surface area (Å²) in [5, 5.41) is 0. The molecule has 2 nitrogen and oxygen atoms in total. The summed E-state index contributed by atoms with van der Waals surface area (Å²) >= 11 is 0. The van der Waals surface area contributed by atoms with Crippen LogP contribution in [0.3, 0.4) is 0 Å². The minimum Gasteiger partial charge on any atom is -0.375 e. The molecule has 2 N–H and O–H groups in total. The molecular weight excluding hydrogens is 288 g/mol. The first-order valence-corrected chi connectivity index (χ1v) is 5.70. The highest BCUT2D eigenvalue weighted by molar-refractivity contribution is 5.29. The van der Waals surface area contributed by atoms with Gasteiger partial charge >= 0.3 is 6.18 Å². The second-order valence-electron chi connectivity index (χ2n) is 4.10. The molecule has 0 amide bonds. The fraction of sp³-hybridized carbons (Fsp3) is 0.500. The van der Waals surface area contributed by atoms with Gasteiger partial charge in [0.25, 0.3) is 6.43 Å². The molecule has 114 valence electrons.